The van der Waals surface area contributed by atoms with Gasteiger partial charge < -0.3 is 14.7 Å². The van der Waals surface area contributed by atoms with E-state index in [1.165, 1.54) is 0 Å². The fraction of sp³-hybridized carbons (Fsp3) is 0.462. The molecule has 1 amide bonds. The van der Waals surface area contributed by atoms with Crippen molar-refractivity contribution >= 4 is 17.0 Å². The molecule has 100 valence electrons. The average molecular weight is 260 g/mol. The maximum Gasteiger partial charge on any atom is 0.258 e. The molecule has 3 heterocycles. The molecule has 1 aliphatic rings. The van der Waals surface area contributed by atoms with E-state index < -0.39 is 0 Å². The summed E-state index contributed by atoms with van der Waals surface area (Å²) in [7, 11) is 0. The Bertz CT molecular complexity index is 629. The molecule has 3 rings (SSSR count). The number of carbonyl (C=O) groups is 1. The first kappa shape index (κ1) is 12.1. The smallest absolute Gasteiger partial charge is 0.258 e. The van der Waals surface area contributed by atoms with E-state index in [1.54, 1.807) is 0 Å². The summed E-state index contributed by atoms with van der Waals surface area (Å²) in [4.78, 5) is 18.7. The van der Waals surface area contributed by atoms with Gasteiger partial charge in [-0.1, -0.05) is 5.16 Å². The largest absolute Gasteiger partial charge is 0.336 e. The van der Waals surface area contributed by atoms with Crippen LogP contribution in [0.2, 0.25) is 0 Å². The van der Waals surface area contributed by atoms with Crippen molar-refractivity contribution in [1.82, 2.24) is 20.4 Å². The predicted octanol–water partition coefficient (Wildman–Crippen LogP) is 0.885. The minimum Gasteiger partial charge on any atom is -0.336 e. The van der Waals surface area contributed by atoms with E-state index >= 15 is 0 Å². The third-order valence-electron chi connectivity index (χ3n) is 3.38. The number of hydrogen-bond acceptors (Lipinski definition) is 5. The Morgan fingerprint density at radius 3 is 2.84 bits per heavy atom. The zero-order valence-electron chi connectivity index (χ0n) is 11.1. The number of nitrogens with zero attached hydrogens (tertiary/aromatic N) is 3. The molecule has 2 aromatic rings. The molecule has 6 heteroatoms. The van der Waals surface area contributed by atoms with Crippen LogP contribution in [0.15, 0.2) is 10.6 Å². The lowest BCUT2D eigenvalue weighted by molar-refractivity contribution is 0.0737. The lowest BCUT2D eigenvalue weighted by atomic mass is 10.1. The van der Waals surface area contributed by atoms with Crippen molar-refractivity contribution < 1.29 is 9.32 Å². The molecule has 0 spiro atoms. The highest BCUT2D eigenvalue weighted by molar-refractivity contribution is 6.06. The zero-order chi connectivity index (χ0) is 13.4. The van der Waals surface area contributed by atoms with Crippen molar-refractivity contribution in [2.75, 3.05) is 26.2 Å². The van der Waals surface area contributed by atoms with Gasteiger partial charge in [-0.15, -0.1) is 0 Å². The third-order valence-corrected chi connectivity index (χ3v) is 3.38. The molecule has 0 unspecified atom stereocenters. The SMILES string of the molecule is Cc1cc(C(=O)N2CCNCC2)c2c(C)noc2n1. The van der Waals surface area contributed by atoms with Gasteiger partial charge in [0.05, 0.1) is 16.6 Å². The highest BCUT2D eigenvalue weighted by Gasteiger charge is 2.23. The molecule has 0 aliphatic carbocycles. The number of pyridine rings is 1. The van der Waals surface area contributed by atoms with Crippen LogP contribution in [0.25, 0.3) is 11.1 Å². The Balaban J connectivity index is 2.07. The fourth-order valence-electron chi connectivity index (χ4n) is 2.42. The van der Waals surface area contributed by atoms with Crippen molar-refractivity contribution in [1.29, 1.82) is 0 Å². The van der Waals surface area contributed by atoms with Gasteiger partial charge in [-0.3, -0.25) is 4.79 Å². The van der Waals surface area contributed by atoms with Gasteiger partial charge in [0, 0.05) is 31.9 Å². The Morgan fingerprint density at radius 2 is 2.11 bits per heavy atom. The summed E-state index contributed by atoms with van der Waals surface area (Å²) in [6.07, 6.45) is 0. The molecule has 6 nitrogen and oxygen atoms in total. The summed E-state index contributed by atoms with van der Waals surface area (Å²) in [5.74, 6) is 0.0308. The highest BCUT2D eigenvalue weighted by atomic mass is 16.5. The van der Waals surface area contributed by atoms with Gasteiger partial charge in [0.25, 0.3) is 11.6 Å². The summed E-state index contributed by atoms with van der Waals surface area (Å²) in [5.41, 5.74) is 2.56. The van der Waals surface area contributed by atoms with Crippen LogP contribution in [0, 0.1) is 13.8 Å². The Labute approximate surface area is 110 Å². The van der Waals surface area contributed by atoms with E-state index in [0.717, 1.165) is 37.3 Å². The molecule has 1 fully saturated rings. The number of aromatic nitrogens is 2. The number of carbonyl (C=O) groups excluding carboxylic acids is 1. The number of piperazine rings is 1. The fourth-order valence-corrected chi connectivity index (χ4v) is 2.42. The summed E-state index contributed by atoms with van der Waals surface area (Å²) in [6, 6.07) is 1.82. The average Bonchev–Trinajstić information content (AvgIpc) is 2.79. The molecule has 19 heavy (non-hydrogen) atoms. The standard InChI is InChI=1S/C13H16N4O2/c1-8-7-10(11-9(2)16-19-12(11)15-8)13(18)17-5-3-14-4-6-17/h7,14H,3-6H2,1-2H3. The number of nitrogens with one attached hydrogen (secondary N) is 1. The summed E-state index contributed by atoms with van der Waals surface area (Å²) < 4.78 is 5.16. The van der Waals surface area contributed by atoms with Gasteiger partial charge in [0.2, 0.25) is 0 Å². The van der Waals surface area contributed by atoms with Gasteiger partial charge in [-0.05, 0) is 19.9 Å². The normalized spacial score (nSPS) is 16.0. The molecular formula is C13H16N4O2. The molecule has 1 N–H and O–H groups in total. The van der Waals surface area contributed by atoms with Crippen molar-refractivity contribution in [3.63, 3.8) is 0 Å². The molecular weight excluding hydrogens is 244 g/mol. The van der Waals surface area contributed by atoms with Crippen LogP contribution in [0.5, 0.6) is 0 Å². The van der Waals surface area contributed by atoms with Gasteiger partial charge in [-0.25, -0.2) is 4.98 Å². The van der Waals surface area contributed by atoms with Crippen molar-refractivity contribution in [2.24, 2.45) is 0 Å². The Morgan fingerprint density at radius 1 is 1.37 bits per heavy atom. The molecule has 1 saturated heterocycles. The van der Waals surface area contributed by atoms with Gasteiger partial charge in [0.1, 0.15) is 0 Å². The lowest BCUT2D eigenvalue weighted by Crippen LogP contribution is -2.46. The molecule has 2 aromatic heterocycles. The number of fused-ring (bicyclic) bond motifs is 1. The van der Waals surface area contributed by atoms with Gasteiger partial charge >= 0.3 is 0 Å². The van der Waals surface area contributed by atoms with E-state index in [2.05, 4.69) is 15.5 Å². The summed E-state index contributed by atoms with van der Waals surface area (Å²) in [6.45, 7) is 6.81. The molecule has 0 bridgehead atoms. The van der Waals surface area contributed by atoms with Crippen LogP contribution in [0.1, 0.15) is 21.7 Å². The minimum atomic E-state index is 0.0308. The number of amides is 1. The quantitative estimate of drug-likeness (QED) is 0.824. The minimum absolute atomic E-state index is 0.0308. The van der Waals surface area contributed by atoms with Gasteiger partial charge in [0.15, 0.2) is 0 Å². The van der Waals surface area contributed by atoms with Crippen molar-refractivity contribution in [3.05, 3.63) is 23.0 Å². The topological polar surface area (TPSA) is 71.3 Å². The van der Waals surface area contributed by atoms with Crippen LogP contribution in [-0.2, 0) is 0 Å². The third kappa shape index (κ3) is 2.08. The zero-order valence-corrected chi connectivity index (χ0v) is 11.1. The van der Waals surface area contributed by atoms with E-state index in [4.69, 9.17) is 4.52 Å². The highest BCUT2D eigenvalue weighted by Crippen LogP contribution is 2.23. The molecule has 0 aromatic carbocycles. The van der Waals surface area contributed by atoms with Gasteiger partial charge in [-0.2, -0.15) is 0 Å². The maximum atomic E-state index is 12.6. The van der Waals surface area contributed by atoms with Crippen LogP contribution >= 0.6 is 0 Å². The van der Waals surface area contributed by atoms with Crippen LogP contribution < -0.4 is 5.32 Å². The molecule has 0 atom stereocenters. The van der Waals surface area contributed by atoms with Crippen LogP contribution in [-0.4, -0.2) is 47.1 Å². The van der Waals surface area contributed by atoms with E-state index in [9.17, 15) is 4.79 Å². The first-order valence-electron chi connectivity index (χ1n) is 6.40. The van der Waals surface area contributed by atoms with E-state index in [1.807, 2.05) is 24.8 Å². The molecule has 0 radical (unpaired) electrons. The summed E-state index contributed by atoms with van der Waals surface area (Å²) in [5, 5.41) is 7.87. The lowest BCUT2D eigenvalue weighted by Gasteiger charge is -2.27. The second kappa shape index (κ2) is 4.62. The van der Waals surface area contributed by atoms with E-state index in [-0.39, 0.29) is 5.91 Å². The maximum absolute atomic E-state index is 12.6. The number of aryl methyl sites for hydroxylation is 2. The number of hydrogen-bond donors (Lipinski definition) is 1. The van der Waals surface area contributed by atoms with Crippen LogP contribution in [0.4, 0.5) is 0 Å². The molecule has 1 aliphatic heterocycles. The monoisotopic (exact) mass is 260 g/mol. The summed E-state index contributed by atoms with van der Waals surface area (Å²) >= 11 is 0. The van der Waals surface area contributed by atoms with E-state index in [0.29, 0.717) is 17.0 Å². The first-order chi connectivity index (χ1) is 9.16. The van der Waals surface area contributed by atoms with Crippen molar-refractivity contribution in [2.45, 2.75) is 13.8 Å². The van der Waals surface area contributed by atoms with Crippen molar-refractivity contribution in [3.8, 4) is 0 Å². The first-order valence-corrected chi connectivity index (χ1v) is 6.40. The Kier molecular flexibility index (Phi) is 2.94. The van der Waals surface area contributed by atoms with Crippen LogP contribution in [0.3, 0.4) is 0 Å². The second-order valence-electron chi connectivity index (χ2n) is 4.80. The molecule has 0 saturated carbocycles. The number of rotatable bonds is 1. The Hall–Kier alpha value is -1.95. The second-order valence-corrected chi connectivity index (χ2v) is 4.80. The predicted molar refractivity (Wildman–Crippen MR) is 70.1 cm³/mol.